The minimum Gasteiger partial charge on any atom is -0.377 e. The van der Waals surface area contributed by atoms with Gasteiger partial charge in [-0.05, 0) is 30.7 Å². The Kier molecular flexibility index (Phi) is 3.98. The van der Waals surface area contributed by atoms with Gasteiger partial charge in [0, 0.05) is 27.3 Å². The number of fused-ring (bicyclic) bond motifs is 1. The molecule has 4 rings (SSSR count). The Hall–Kier alpha value is -1.50. The minimum absolute atomic E-state index is 0.128. The fourth-order valence-corrected chi connectivity index (χ4v) is 4.04. The van der Waals surface area contributed by atoms with Crippen molar-refractivity contribution in [2.75, 3.05) is 6.61 Å². The van der Waals surface area contributed by atoms with Gasteiger partial charge in [0.2, 0.25) is 5.78 Å². The molecule has 2 unspecified atom stereocenters. The molecular formula is C18H25NO4Si. The molecule has 1 aromatic rings. The van der Waals surface area contributed by atoms with Crippen LogP contribution in [0.2, 0.25) is 25.7 Å². The molecule has 1 aromatic heterocycles. The van der Waals surface area contributed by atoms with E-state index in [-0.39, 0.29) is 18.9 Å². The summed E-state index contributed by atoms with van der Waals surface area (Å²) in [5, 5.41) is 10.6. The molecule has 2 bridgehead atoms. The number of hydrogen-bond acceptors (Lipinski definition) is 4. The quantitative estimate of drug-likeness (QED) is 0.505. The molecule has 1 N–H and O–H groups in total. The standard InChI is InChI=1S/C18H25NO4Si/c1-17-6-7-18(22,11-14(17)20)16(21)15-13(17)5-8-19(15)12-23-9-10-24(2,3)4/h5-8,22H,9-12H2,1-4H3. The zero-order valence-electron chi connectivity index (χ0n) is 14.8. The maximum atomic E-state index is 12.9. The Balaban J connectivity index is 1.88. The first-order chi connectivity index (χ1) is 11.1. The van der Waals surface area contributed by atoms with Crippen molar-refractivity contribution in [1.29, 1.82) is 0 Å². The highest BCUT2D eigenvalue weighted by Gasteiger charge is 2.53. The van der Waals surface area contributed by atoms with Crippen molar-refractivity contribution in [1.82, 2.24) is 4.57 Å². The predicted octanol–water partition coefficient (Wildman–Crippen LogP) is 2.51. The second kappa shape index (κ2) is 5.51. The Labute approximate surface area is 143 Å². The van der Waals surface area contributed by atoms with Crippen molar-refractivity contribution < 1.29 is 19.4 Å². The molecule has 5 nitrogen and oxygen atoms in total. The molecule has 6 heteroatoms. The Bertz CT molecular complexity index is 730. The summed E-state index contributed by atoms with van der Waals surface area (Å²) in [7, 11) is -1.17. The lowest BCUT2D eigenvalue weighted by atomic mass is 9.73. The monoisotopic (exact) mass is 347 g/mol. The van der Waals surface area contributed by atoms with Gasteiger partial charge in [-0.1, -0.05) is 25.7 Å². The number of carbonyl (C=O) groups excluding carboxylic acids is 2. The van der Waals surface area contributed by atoms with Gasteiger partial charge in [0.15, 0.2) is 11.4 Å². The van der Waals surface area contributed by atoms with E-state index >= 15 is 0 Å². The van der Waals surface area contributed by atoms with E-state index < -0.39 is 24.9 Å². The van der Waals surface area contributed by atoms with Gasteiger partial charge < -0.3 is 14.4 Å². The summed E-state index contributed by atoms with van der Waals surface area (Å²) in [5.74, 6) is -0.542. The molecule has 0 saturated carbocycles. The Morgan fingerprint density at radius 3 is 2.62 bits per heavy atom. The molecule has 3 aliphatic rings. The number of hydrogen-bond donors (Lipinski definition) is 1. The van der Waals surface area contributed by atoms with Crippen LogP contribution in [0.25, 0.3) is 0 Å². The SMILES string of the molecule is CC12C=CC(O)(CC1=O)C(=O)c1c2ccn1COCC[Si](C)(C)C. The first kappa shape index (κ1) is 17.3. The van der Waals surface area contributed by atoms with E-state index in [2.05, 4.69) is 19.6 Å². The summed E-state index contributed by atoms with van der Waals surface area (Å²) in [6.07, 6.45) is 4.75. The number of carbonyl (C=O) groups is 2. The molecular weight excluding hydrogens is 322 g/mol. The molecule has 3 aliphatic carbocycles. The van der Waals surface area contributed by atoms with Crippen LogP contribution in [0.15, 0.2) is 24.4 Å². The van der Waals surface area contributed by atoms with E-state index in [1.165, 1.54) is 6.08 Å². The Morgan fingerprint density at radius 1 is 1.29 bits per heavy atom. The molecule has 0 fully saturated rings. The van der Waals surface area contributed by atoms with E-state index in [1.807, 2.05) is 0 Å². The van der Waals surface area contributed by atoms with Crippen LogP contribution in [-0.2, 0) is 21.7 Å². The van der Waals surface area contributed by atoms with Crippen molar-refractivity contribution in [2.45, 2.75) is 56.8 Å². The number of Topliss-reactive ketones (excluding diaryl/α,β-unsaturated/α-hetero) is 2. The summed E-state index contributed by atoms with van der Waals surface area (Å²) >= 11 is 0. The average molecular weight is 347 g/mol. The molecule has 0 aliphatic heterocycles. The van der Waals surface area contributed by atoms with Crippen LogP contribution < -0.4 is 0 Å². The zero-order valence-corrected chi connectivity index (χ0v) is 15.8. The van der Waals surface area contributed by atoms with Gasteiger partial charge in [-0.25, -0.2) is 0 Å². The van der Waals surface area contributed by atoms with Gasteiger partial charge in [-0.3, -0.25) is 9.59 Å². The predicted molar refractivity (Wildman–Crippen MR) is 93.9 cm³/mol. The maximum absolute atomic E-state index is 12.9. The highest BCUT2D eigenvalue weighted by molar-refractivity contribution is 6.76. The van der Waals surface area contributed by atoms with E-state index in [0.29, 0.717) is 17.9 Å². The minimum atomic E-state index is -1.73. The molecule has 130 valence electrons. The smallest absolute Gasteiger partial charge is 0.215 e. The van der Waals surface area contributed by atoms with E-state index in [4.69, 9.17) is 4.74 Å². The molecule has 0 amide bonds. The summed E-state index contributed by atoms with van der Waals surface area (Å²) in [5.41, 5.74) is -1.52. The fourth-order valence-electron chi connectivity index (χ4n) is 3.28. The first-order valence-corrected chi connectivity index (χ1v) is 12.1. The van der Waals surface area contributed by atoms with Crippen LogP contribution in [0.3, 0.4) is 0 Å². The van der Waals surface area contributed by atoms with Crippen LogP contribution in [0, 0.1) is 0 Å². The molecule has 24 heavy (non-hydrogen) atoms. The molecule has 0 radical (unpaired) electrons. The van der Waals surface area contributed by atoms with Gasteiger partial charge in [-0.2, -0.15) is 0 Å². The lowest BCUT2D eigenvalue weighted by Gasteiger charge is -2.29. The van der Waals surface area contributed by atoms with E-state index in [0.717, 1.165) is 6.04 Å². The average Bonchev–Trinajstić information content (AvgIpc) is 2.85. The van der Waals surface area contributed by atoms with Crippen molar-refractivity contribution >= 4 is 19.6 Å². The van der Waals surface area contributed by atoms with E-state index in [1.54, 1.807) is 29.8 Å². The molecule has 0 aromatic carbocycles. The molecule has 2 atom stereocenters. The van der Waals surface area contributed by atoms with Crippen LogP contribution in [0.4, 0.5) is 0 Å². The lowest BCUT2D eigenvalue weighted by Crippen LogP contribution is -2.43. The first-order valence-electron chi connectivity index (χ1n) is 8.35. The van der Waals surface area contributed by atoms with Crippen LogP contribution in [0.1, 0.15) is 29.4 Å². The summed E-state index contributed by atoms with van der Waals surface area (Å²) in [6, 6.07) is 2.85. The number of allylic oxidation sites excluding steroid dienone is 1. The summed E-state index contributed by atoms with van der Waals surface area (Å²) < 4.78 is 7.47. The number of ketones is 2. The summed E-state index contributed by atoms with van der Waals surface area (Å²) in [4.78, 5) is 25.3. The molecule has 1 heterocycles. The largest absolute Gasteiger partial charge is 0.377 e. The number of aliphatic hydroxyl groups is 1. The fraction of sp³-hybridized carbons (Fsp3) is 0.556. The third-order valence-electron chi connectivity index (χ3n) is 5.06. The number of nitrogens with zero attached hydrogens (tertiary/aromatic N) is 1. The zero-order chi connectivity index (χ0) is 17.8. The lowest BCUT2D eigenvalue weighted by molar-refractivity contribution is -0.125. The van der Waals surface area contributed by atoms with Gasteiger partial charge >= 0.3 is 0 Å². The van der Waals surface area contributed by atoms with Crippen LogP contribution in [-0.4, -0.2) is 41.5 Å². The normalized spacial score (nSPS) is 29.0. The van der Waals surface area contributed by atoms with Crippen molar-refractivity contribution in [3.63, 3.8) is 0 Å². The second-order valence-corrected chi connectivity index (χ2v) is 13.9. The van der Waals surface area contributed by atoms with E-state index in [9.17, 15) is 14.7 Å². The number of rotatable bonds is 5. The van der Waals surface area contributed by atoms with Crippen molar-refractivity contribution in [3.8, 4) is 0 Å². The Morgan fingerprint density at radius 2 is 2.00 bits per heavy atom. The number of ether oxygens (including phenoxy) is 1. The highest BCUT2D eigenvalue weighted by Crippen LogP contribution is 2.43. The van der Waals surface area contributed by atoms with Gasteiger partial charge in [0.25, 0.3) is 0 Å². The van der Waals surface area contributed by atoms with Crippen LogP contribution in [0.5, 0.6) is 0 Å². The molecule has 0 spiro atoms. The van der Waals surface area contributed by atoms with Gasteiger partial charge in [-0.15, -0.1) is 0 Å². The molecule has 0 saturated heterocycles. The maximum Gasteiger partial charge on any atom is 0.215 e. The van der Waals surface area contributed by atoms with Gasteiger partial charge in [0.1, 0.15) is 6.73 Å². The third-order valence-corrected chi connectivity index (χ3v) is 6.76. The third kappa shape index (κ3) is 2.72. The number of aromatic nitrogens is 1. The highest BCUT2D eigenvalue weighted by atomic mass is 28.3. The van der Waals surface area contributed by atoms with Crippen molar-refractivity contribution in [3.05, 3.63) is 35.7 Å². The summed E-state index contributed by atoms with van der Waals surface area (Å²) in [6.45, 7) is 9.56. The van der Waals surface area contributed by atoms with Crippen LogP contribution >= 0.6 is 0 Å². The topological polar surface area (TPSA) is 68.5 Å². The second-order valence-electron chi connectivity index (χ2n) is 8.28. The van der Waals surface area contributed by atoms with Gasteiger partial charge in [0.05, 0.1) is 11.1 Å². The van der Waals surface area contributed by atoms with Crippen molar-refractivity contribution in [2.24, 2.45) is 0 Å².